The summed E-state index contributed by atoms with van der Waals surface area (Å²) in [7, 11) is 1.70. The molecule has 2 aliphatic heterocycles. The third-order valence-electron chi connectivity index (χ3n) is 3.56. The van der Waals surface area contributed by atoms with E-state index in [0.29, 0.717) is 5.92 Å². The lowest BCUT2D eigenvalue weighted by atomic mass is 10.1. The average molecular weight is 231 g/mol. The van der Waals surface area contributed by atoms with Crippen molar-refractivity contribution in [3.63, 3.8) is 0 Å². The van der Waals surface area contributed by atoms with Gasteiger partial charge in [0.15, 0.2) is 0 Å². The lowest BCUT2D eigenvalue weighted by Gasteiger charge is -2.19. The number of benzene rings is 1. The summed E-state index contributed by atoms with van der Waals surface area (Å²) in [6.07, 6.45) is 3.16. The van der Waals surface area contributed by atoms with Gasteiger partial charge in [0.25, 0.3) is 0 Å². The normalized spacial score (nSPS) is 22.1. The highest BCUT2D eigenvalue weighted by Gasteiger charge is 2.31. The van der Waals surface area contributed by atoms with Crippen LogP contribution in [0, 0.1) is 5.92 Å². The smallest absolute Gasteiger partial charge is 0.118 e. The molecule has 1 saturated heterocycles. The molecule has 17 heavy (non-hydrogen) atoms. The minimum atomic E-state index is 0.633. The molecule has 1 fully saturated rings. The lowest BCUT2D eigenvalue weighted by Crippen LogP contribution is -2.17. The Kier molecular flexibility index (Phi) is 2.67. The molecule has 1 atom stereocenters. The Hall–Kier alpha value is -1.64. The SMILES string of the molecule is COc1ccc(CN2CCC3COC=C32)cc1. The molecule has 2 heterocycles. The van der Waals surface area contributed by atoms with Gasteiger partial charge in [-0.05, 0) is 24.1 Å². The van der Waals surface area contributed by atoms with Crippen LogP contribution >= 0.6 is 0 Å². The molecule has 1 unspecified atom stereocenters. The van der Waals surface area contributed by atoms with Gasteiger partial charge in [-0.1, -0.05) is 12.1 Å². The first-order valence-electron chi connectivity index (χ1n) is 6.06. The minimum Gasteiger partial charge on any atom is -0.499 e. The van der Waals surface area contributed by atoms with E-state index in [2.05, 4.69) is 17.0 Å². The van der Waals surface area contributed by atoms with Gasteiger partial charge >= 0.3 is 0 Å². The van der Waals surface area contributed by atoms with Crippen molar-refractivity contribution >= 4 is 0 Å². The zero-order chi connectivity index (χ0) is 11.7. The summed E-state index contributed by atoms with van der Waals surface area (Å²) in [5.74, 6) is 1.55. The second kappa shape index (κ2) is 4.32. The van der Waals surface area contributed by atoms with E-state index in [0.717, 1.165) is 25.4 Å². The molecule has 3 rings (SSSR count). The fourth-order valence-corrected chi connectivity index (χ4v) is 2.56. The Morgan fingerprint density at radius 3 is 2.94 bits per heavy atom. The number of methoxy groups -OCH3 is 1. The highest BCUT2D eigenvalue weighted by atomic mass is 16.5. The summed E-state index contributed by atoms with van der Waals surface area (Å²) in [4.78, 5) is 2.42. The lowest BCUT2D eigenvalue weighted by molar-refractivity contribution is 0.245. The molecule has 0 amide bonds. The number of hydrogen-bond donors (Lipinski definition) is 0. The molecular weight excluding hydrogens is 214 g/mol. The first-order valence-corrected chi connectivity index (χ1v) is 6.06. The first kappa shape index (κ1) is 10.5. The molecule has 3 heteroatoms. The Labute approximate surface area is 102 Å². The number of likely N-dealkylation sites (tertiary alicyclic amines) is 1. The van der Waals surface area contributed by atoms with E-state index in [1.165, 1.54) is 17.7 Å². The first-order chi connectivity index (χ1) is 8.36. The quantitative estimate of drug-likeness (QED) is 0.797. The van der Waals surface area contributed by atoms with Crippen LogP contribution in [0.4, 0.5) is 0 Å². The second-order valence-electron chi connectivity index (χ2n) is 4.63. The van der Waals surface area contributed by atoms with Crippen LogP contribution in [-0.2, 0) is 11.3 Å². The van der Waals surface area contributed by atoms with Gasteiger partial charge in [-0.15, -0.1) is 0 Å². The van der Waals surface area contributed by atoms with Gasteiger partial charge in [-0.3, -0.25) is 0 Å². The third kappa shape index (κ3) is 1.97. The average Bonchev–Trinajstić information content (AvgIpc) is 2.95. The van der Waals surface area contributed by atoms with Crippen molar-refractivity contribution in [2.45, 2.75) is 13.0 Å². The maximum Gasteiger partial charge on any atom is 0.118 e. The predicted octanol–water partition coefficient (Wildman–Crippen LogP) is 2.39. The second-order valence-corrected chi connectivity index (χ2v) is 4.63. The summed E-state index contributed by atoms with van der Waals surface area (Å²) in [6.45, 7) is 2.98. The molecule has 0 bridgehead atoms. The van der Waals surface area contributed by atoms with Crippen molar-refractivity contribution in [1.29, 1.82) is 0 Å². The predicted molar refractivity (Wildman–Crippen MR) is 65.5 cm³/mol. The Balaban J connectivity index is 1.70. The number of fused-ring (bicyclic) bond motifs is 1. The maximum absolute atomic E-state index is 5.39. The molecule has 0 radical (unpaired) electrons. The van der Waals surface area contributed by atoms with E-state index in [4.69, 9.17) is 9.47 Å². The van der Waals surface area contributed by atoms with Crippen LogP contribution < -0.4 is 4.74 Å². The van der Waals surface area contributed by atoms with Crippen molar-refractivity contribution in [2.75, 3.05) is 20.3 Å². The van der Waals surface area contributed by atoms with E-state index in [9.17, 15) is 0 Å². The fraction of sp³-hybridized carbons (Fsp3) is 0.429. The number of nitrogens with zero attached hydrogens (tertiary/aromatic N) is 1. The monoisotopic (exact) mass is 231 g/mol. The number of ether oxygens (including phenoxy) is 2. The highest BCUT2D eigenvalue weighted by molar-refractivity contribution is 5.28. The molecule has 1 aromatic carbocycles. The Bertz CT molecular complexity index is 424. The highest BCUT2D eigenvalue weighted by Crippen LogP contribution is 2.33. The van der Waals surface area contributed by atoms with E-state index < -0.39 is 0 Å². The van der Waals surface area contributed by atoms with Crippen molar-refractivity contribution in [3.05, 3.63) is 41.8 Å². The molecular formula is C14H17NO2. The molecule has 0 aliphatic carbocycles. The van der Waals surface area contributed by atoms with Crippen LogP contribution in [0.3, 0.4) is 0 Å². The Morgan fingerprint density at radius 2 is 2.18 bits per heavy atom. The molecule has 2 aliphatic rings. The summed E-state index contributed by atoms with van der Waals surface area (Å²) >= 11 is 0. The summed E-state index contributed by atoms with van der Waals surface area (Å²) < 4.78 is 10.6. The van der Waals surface area contributed by atoms with Gasteiger partial charge in [0.05, 0.1) is 19.4 Å². The van der Waals surface area contributed by atoms with E-state index >= 15 is 0 Å². The molecule has 0 saturated carbocycles. The van der Waals surface area contributed by atoms with Crippen molar-refractivity contribution in [1.82, 2.24) is 4.90 Å². The van der Waals surface area contributed by atoms with Crippen LogP contribution in [0.1, 0.15) is 12.0 Å². The summed E-state index contributed by atoms with van der Waals surface area (Å²) in [5.41, 5.74) is 2.69. The van der Waals surface area contributed by atoms with Gasteiger partial charge in [0.2, 0.25) is 0 Å². The zero-order valence-corrected chi connectivity index (χ0v) is 10.1. The van der Waals surface area contributed by atoms with E-state index in [-0.39, 0.29) is 0 Å². The molecule has 0 spiro atoms. The van der Waals surface area contributed by atoms with Crippen LogP contribution in [0.15, 0.2) is 36.2 Å². The summed E-state index contributed by atoms with van der Waals surface area (Å²) in [6, 6.07) is 8.29. The van der Waals surface area contributed by atoms with Crippen molar-refractivity contribution < 1.29 is 9.47 Å². The van der Waals surface area contributed by atoms with Gasteiger partial charge in [-0.2, -0.15) is 0 Å². The van der Waals surface area contributed by atoms with Gasteiger partial charge in [0.1, 0.15) is 12.0 Å². The molecule has 0 N–H and O–H groups in total. The largest absolute Gasteiger partial charge is 0.499 e. The maximum atomic E-state index is 5.39. The Morgan fingerprint density at radius 1 is 1.35 bits per heavy atom. The number of hydrogen-bond acceptors (Lipinski definition) is 3. The molecule has 3 nitrogen and oxygen atoms in total. The fourth-order valence-electron chi connectivity index (χ4n) is 2.56. The zero-order valence-electron chi connectivity index (χ0n) is 10.1. The molecule has 0 aromatic heterocycles. The van der Waals surface area contributed by atoms with Crippen molar-refractivity contribution in [3.8, 4) is 5.75 Å². The van der Waals surface area contributed by atoms with Crippen LogP contribution in [-0.4, -0.2) is 25.2 Å². The van der Waals surface area contributed by atoms with Gasteiger partial charge in [0, 0.05) is 19.0 Å². The van der Waals surface area contributed by atoms with Crippen LogP contribution in [0.5, 0.6) is 5.75 Å². The van der Waals surface area contributed by atoms with E-state index in [1.54, 1.807) is 7.11 Å². The van der Waals surface area contributed by atoms with Gasteiger partial charge in [-0.25, -0.2) is 0 Å². The molecule has 1 aromatic rings. The molecule has 90 valence electrons. The van der Waals surface area contributed by atoms with Crippen LogP contribution in [0.2, 0.25) is 0 Å². The third-order valence-corrected chi connectivity index (χ3v) is 3.56. The standard InChI is InChI=1S/C14H17NO2/c1-16-13-4-2-11(3-5-13)8-15-7-6-12-9-17-10-14(12)15/h2-5,10,12H,6-9H2,1H3. The summed E-state index contributed by atoms with van der Waals surface area (Å²) in [5, 5.41) is 0. The van der Waals surface area contributed by atoms with E-state index in [1.807, 2.05) is 18.4 Å². The number of rotatable bonds is 3. The van der Waals surface area contributed by atoms with Gasteiger partial charge < -0.3 is 14.4 Å². The topological polar surface area (TPSA) is 21.7 Å². The van der Waals surface area contributed by atoms with Crippen LogP contribution in [0.25, 0.3) is 0 Å². The minimum absolute atomic E-state index is 0.633. The van der Waals surface area contributed by atoms with Crippen molar-refractivity contribution in [2.24, 2.45) is 5.92 Å².